The molecule has 1 amide bonds. The maximum absolute atomic E-state index is 13.6. The number of ether oxygens (including phenoxy) is 2. The van der Waals surface area contributed by atoms with Gasteiger partial charge in [-0.25, -0.2) is 4.39 Å². The molecule has 2 aromatic carbocycles. The summed E-state index contributed by atoms with van der Waals surface area (Å²) >= 11 is 0. The smallest absolute Gasteiger partial charge is 0.260 e. The van der Waals surface area contributed by atoms with Crippen LogP contribution in [0.15, 0.2) is 54.7 Å². The SMILES string of the molecule is O=C(COc1ccccc1F)N1CCC(Oc2nncc3ccccc23)CC1. The zero-order chi connectivity index (χ0) is 19.3. The number of halogens is 1. The van der Waals surface area contributed by atoms with Gasteiger partial charge < -0.3 is 14.4 Å². The van der Waals surface area contributed by atoms with Crippen molar-refractivity contribution in [2.45, 2.75) is 18.9 Å². The van der Waals surface area contributed by atoms with E-state index < -0.39 is 5.82 Å². The van der Waals surface area contributed by atoms with Crippen molar-refractivity contribution >= 4 is 16.7 Å². The Balaban J connectivity index is 1.30. The fourth-order valence-electron chi connectivity index (χ4n) is 3.26. The second-order valence-electron chi connectivity index (χ2n) is 6.65. The maximum atomic E-state index is 13.6. The monoisotopic (exact) mass is 381 g/mol. The average Bonchev–Trinajstić information content (AvgIpc) is 2.74. The number of hydrogen-bond acceptors (Lipinski definition) is 5. The summed E-state index contributed by atoms with van der Waals surface area (Å²) in [6.07, 6.45) is 3.06. The highest BCUT2D eigenvalue weighted by Crippen LogP contribution is 2.25. The predicted octanol–water partition coefficient (Wildman–Crippen LogP) is 3.22. The summed E-state index contributed by atoms with van der Waals surface area (Å²) in [4.78, 5) is 14.1. The van der Waals surface area contributed by atoms with Gasteiger partial charge >= 0.3 is 0 Å². The van der Waals surface area contributed by atoms with Gasteiger partial charge in [0.1, 0.15) is 6.10 Å². The number of nitrogens with zero attached hydrogens (tertiary/aromatic N) is 3. The molecular weight excluding hydrogens is 361 g/mol. The van der Waals surface area contributed by atoms with Crippen molar-refractivity contribution in [3.05, 3.63) is 60.5 Å². The third-order valence-corrected chi connectivity index (χ3v) is 4.80. The molecule has 0 spiro atoms. The van der Waals surface area contributed by atoms with Crippen LogP contribution < -0.4 is 9.47 Å². The molecule has 1 fully saturated rings. The lowest BCUT2D eigenvalue weighted by Gasteiger charge is -2.32. The average molecular weight is 381 g/mol. The molecule has 4 rings (SSSR count). The highest BCUT2D eigenvalue weighted by molar-refractivity contribution is 5.85. The number of amides is 1. The van der Waals surface area contributed by atoms with Crippen LogP contribution in [0, 0.1) is 5.82 Å². The number of hydrogen-bond donors (Lipinski definition) is 0. The second kappa shape index (κ2) is 8.21. The fourth-order valence-corrected chi connectivity index (χ4v) is 3.26. The zero-order valence-electron chi connectivity index (χ0n) is 15.3. The first kappa shape index (κ1) is 18.2. The molecule has 1 saturated heterocycles. The van der Waals surface area contributed by atoms with Crippen molar-refractivity contribution in [3.8, 4) is 11.6 Å². The summed E-state index contributed by atoms with van der Waals surface area (Å²) in [6.45, 7) is 0.936. The minimum Gasteiger partial charge on any atom is -0.481 e. The molecule has 1 aliphatic rings. The molecule has 7 heteroatoms. The molecule has 0 radical (unpaired) electrons. The van der Waals surface area contributed by atoms with Gasteiger partial charge in [-0.15, -0.1) is 5.10 Å². The van der Waals surface area contributed by atoms with Gasteiger partial charge in [-0.1, -0.05) is 30.3 Å². The van der Waals surface area contributed by atoms with Gasteiger partial charge in [0.25, 0.3) is 5.91 Å². The van der Waals surface area contributed by atoms with Crippen LogP contribution in [0.5, 0.6) is 11.6 Å². The number of piperidine rings is 1. The van der Waals surface area contributed by atoms with E-state index in [0.717, 1.165) is 10.8 Å². The van der Waals surface area contributed by atoms with Crippen LogP contribution in [0.3, 0.4) is 0 Å². The number of carbonyl (C=O) groups is 1. The van der Waals surface area contributed by atoms with Crippen LogP contribution in [0.25, 0.3) is 10.8 Å². The molecule has 1 aliphatic heterocycles. The molecule has 0 aliphatic carbocycles. The summed E-state index contributed by atoms with van der Waals surface area (Å²) in [5.74, 6) is -0.0281. The lowest BCUT2D eigenvalue weighted by atomic mass is 10.1. The first-order chi connectivity index (χ1) is 13.7. The Hall–Kier alpha value is -3.22. The summed E-state index contributed by atoms with van der Waals surface area (Å²) < 4.78 is 24.9. The Morgan fingerprint density at radius 3 is 2.68 bits per heavy atom. The Bertz CT molecular complexity index is 969. The molecule has 2 heterocycles. The summed E-state index contributed by atoms with van der Waals surface area (Å²) in [5.41, 5.74) is 0. The van der Waals surface area contributed by atoms with Gasteiger partial charge in [-0.2, -0.15) is 5.10 Å². The second-order valence-corrected chi connectivity index (χ2v) is 6.65. The van der Waals surface area contributed by atoms with Crippen molar-refractivity contribution in [1.82, 2.24) is 15.1 Å². The normalized spacial score (nSPS) is 14.8. The Labute approximate surface area is 161 Å². The van der Waals surface area contributed by atoms with E-state index in [0.29, 0.717) is 31.8 Å². The Morgan fingerprint density at radius 1 is 1.11 bits per heavy atom. The van der Waals surface area contributed by atoms with Gasteiger partial charge in [0.2, 0.25) is 5.88 Å². The van der Waals surface area contributed by atoms with E-state index in [4.69, 9.17) is 9.47 Å². The topological polar surface area (TPSA) is 64.5 Å². The van der Waals surface area contributed by atoms with Crippen molar-refractivity contribution in [1.29, 1.82) is 0 Å². The van der Waals surface area contributed by atoms with Crippen molar-refractivity contribution < 1.29 is 18.7 Å². The van der Waals surface area contributed by atoms with E-state index in [1.54, 1.807) is 23.2 Å². The van der Waals surface area contributed by atoms with E-state index in [2.05, 4.69) is 10.2 Å². The van der Waals surface area contributed by atoms with Crippen molar-refractivity contribution in [2.75, 3.05) is 19.7 Å². The molecule has 6 nitrogen and oxygen atoms in total. The standard InChI is InChI=1S/C21H20FN3O3/c22-18-7-3-4-8-19(18)27-14-20(26)25-11-9-16(10-12-25)28-21-17-6-2-1-5-15(17)13-23-24-21/h1-8,13,16H,9-12,14H2. The molecule has 0 atom stereocenters. The minimum atomic E-state index is -0.474. The lowest BCUT2D eigenvalue weighted by molar-refractivity contribution is -0.135. The molecule has 0 unspecified atom stereocenters. The summed E-state index contributed by atoms with van der Waals surface area (Å²) in [7, 11) is 0. The van der Waals surface area contributed by atoms with Crippen LogP contribution in [-0.2, 0) is 4.79 Å². The molecule has 0 bridgehead atoms. The van der Waals surface area contributed by atoms with Gasteiger partial charge in [0.05, 0.1) is 6.20 Å². The lowest BCUT2D eigenvalue weighted by Crippen LogP contribution is -2.43. The molecule has 28 heavy (non-hydrogen) atoms. The Kier molecular flexibility index (Phi) is 5.32. The number of carbonyl (C=O) groups excluding carboxylic acids is 1. The molecule has 3 aromatic rings. The third-order valence-electron chi connectivity index (χ3n) is 4.80. The maximum Gasteiger partial charge on any atom is 0.260 e. The minimum absolute atomic E-state index is 0.0309. The van der Waals surface area contributed by atoms with E-state index in [1.807, 2.05) is 24.3 Å². The van der Waals surface area contributed by atoms with E-state index in [1.165, 1.54) is 12.1 Å². The first-order valence-electron chi connectivity index (χ1n) is 9.23. The molecule has 144 valence electrons. The molecule has 1 aromatic heterocycles. The highest BCUT2D eigenvalue weighted by atomic mass is 19.1. The van der Waals surface area contributed by atoms with Crippen LogP contribution in [0.1, 0.15) is 12.8 Å². The van der Waals surface area contributed by atoms with Crippen LogP contribution in [-0.4, -0.2) is 46.8 Å². The van der Waals surface area contributed by atoms with Gasteiger partial charge in [0.15, 0.2) is 18.2 Å². The van der Waals surface area contributed by atoms with Gasteiger partial charge in [0, 0.05) is 36.7 Å². The molecular formula is C21H20FN3O3. The molecule has 0 saturated carbocycles. The highest BCUT2D eigenvalue weighted by Gasteiger charge is 2.25. The predicted molar refractivity (Wildman–Crippen MR) is 102 cm³/mol. The number of fused-ring (bicyclic) bond motifs is 1. The number of para-hydroxylation sites is 1. The van der Waals surface area contributed by atoms with E-state index >= 15 is 0 Å². The van der Waals surface area contributed by atoms with Gasteiger partial charge in [-0.05, 0) is 18.2 Å². The third kappa shape index (κ3) is 4.03. The Morgan fingerprint density at radius 2 is 1.86 bits per heavy atom. The van der Waals surface area contributed by atoms with Gasteiger partial charge in [-0.3, -0.25) is 4.79 Å². The van der Waals surface area contributed by atoms with E-state index in [9.17, 15) is 9.18 Å². The van der Waals surface area contributed by atoms with Crippen molar-refractivity contribution in [2.24, 2.45) is 0 Å². The number of rotatable bonds is 5. The summed E-state index contributed by atoms with van der Waals surface area (Å²) in [5, 5.41) is 10.0. The fraction of sp³-hybridized carbons (Fsp3) is 0.286. The number of likely N-dealkylation sites (tertiary alicyclic amines) is 1. The van der Waals surface area contributed by atoms with Crippen LogP contribution in [0.2, 0.25) is 0 Å². The first-order valence-corrected chi connectivity index (χ1v) is 9.23. The van der Waals surface area contributed by atoms with Crippen LogP contribution in [0.4, 0.5) is 4.39 Å². The zero-order valence-corrected chi connectivity index (χ0v) is 15.3. The number of aromatic nitrogens is 2. The largest absolute Gasteiger partial charge is 0.481 e. The van der Waals surface area contributed by atoms with E-state index in [-0.39, 0.29) is 24.4 Å². The van der Waals surface area contributed by atoms with Crippen molar-refractivity contribution in [3.63, 3.8) is 0 Å². The number of benzene rings is 2. The molecule has 0 N–H and O–H groups in total. The quantitative estimate of drug-likeness (QED) is 0.679. The summed E-state index contributed by atoms with van der Waals surface area (Å²) in [6, 6.07) is 13.9. The van der Waals surface area contributed by atoms with Crippen LogP contribution >= 0.6 is 0 Å².